The third-order valence-electron chi connectivity index (χ3n) is 7.13. The number of aromatic hydroxyl groups is 2. The molecule has 1 aliphatic rings. The number of aryl methyl sites for hydroxylation is 2. The topological polar surface area (TPSA) is 104 Å². The summed E-state index contributed by atoms with van der Waals surface area (Å²) in [4.78, 5) is 25.6. The number of carboxylic acids is 1. The Kier molecular flexibility index (Phi) is 7.45. The smallest absolute Gasteiger partial charge is 0.341 e. The van der Waals surface area contributed by atoms with E-state index in [0.717, 1.165) is 20.1 Å². The van der Waals surface area contributed by atoms with Crippen molar-refractivity contribution in [2.24, 2.45) is 0 Å². The number of carbonyl (C=O) groups is 2. The predicted octanol–water partition coefficient (Wildman–Crippen LogP) is 7.03. The maximum Gasteiger partial charge on any atom is 0.341 e. The van der Waals surface area contributed by atoms with Crippen molar-refractivity contribution in [2.45, 2.75) is 59.0 Å². The van der Waals surface area contributed by atoms with Crippen LogP contribution in [0, 0.1) is 0 Å². The van der Waals surface area contributed by atoms with Crippen LogP contribution in [0.25, 0.3) is 0 Å². The minimum absolute atomic E-state index is 0.0933. The summed E-state index contributed by atoms with van der Waals surface area (Å²) in [5.41, 5.74) is 1.94. The van der Waals surface area contributed by atoms with E-state index < -0.39 is 17.5 Å². The third kappa shape index (κ3) is 3.96. The van der Waals surface area contributed by atoms with Crippen molar-refractivity contribution in [3.63, 3.8) is 0 Å². The summed E-state index contributed by atoms with van der Waals surface area (Å²) >= 11 is 7.39. The molecule has 1 heterocycles. The number of hydrogen-bond donors (Lipinski definition) is 3. The molecule has 4 rings (SSSR count). The van der Waals surface area contributed by atoms with E-state index in [2.05, 4.69) is 31.9 Å². The molecule has 37 heavy (non-hydrogen) atoms. The van der Waals surface area contributed by atoms with E-state index in [1.807, 2.05) is 27.7 Å². The molecule has 0 aliphatic carbocycles. The van der Waals surface area contributed by atoms with Gasteiger partial charge < -0.3 is 20.1 Å². The van der Waals surface area contributed by atoms with Crippen LogP contribution < -0.4 is 0 Å². The number of benzene rings is 3. The summed E-state index contributed by atoms with van der Waals surface area (Å²) in [5, 5.41) is 33.0. The summed E-state index contributed by atoms with van der Waals surface area (Å²) in [6.07, 6.45) is 2.24. The molecule has 0 fully saturated rings. The van der Waals surface area contributed by atoms with Crippen LogP contribution in [-0.2, 0) is 36.0 Å². The van der Waals surface area contributed by atoms with Gasteiger partial charge in [-0.1, -0.05) is 71.7 Å². The Balaban J connectivity index is 2.30. The maximum atomic E-state index is 13.5. The van der Waals surface area contributed by atoms with Crippen LogP contribution in [0.3, 0.4) is 0 Å². The zero-order valence-electron chi connectivity index (χ0n) is 21.0. The second-order valence-electron chi connectivity index (χ2n) is 8.96. The monoisotopic (exact) mass is 630 g/mol. The Morgan fingerprint density at radius 2 is 1.35 bits per heavy atom. The summed E-state index contributed by atoms with van der Waals surface area (Å²) in [6, 6.07) is 7.80. The largest absolute Gasteiger partial charge is 0.507 e. The maximum absolute atomic E-state index is 13.5. The van der Waals surface area contributed by atoms with E-state index in [1.165, 1.54) is 6.07 Å². The molecule has 0 spiro atoms. The molecule has 194 valence electrons. The van der Waals surface area contributed by atoms with Gasteiger partial charge in [-0.2, -0.15) is 0 Å². The van der Waals surface area contributed by atoms with Crippen LogP contribution in [0.4, 0.5) is 0 Å². The number of esters is 1. The fourth-order valence-electron chi connectivity index (χ4n) is 5.47. The molecule has 0 bridgehead atoms. The molecule has 0 radical (unpaired) electrons. The first-order valence-electron chi connectivity index (χ1n) is 12.3. The standard InChI is InChI=1S/C29H28Br2O6/c1-5-14-12-20(32)23(16(7-3)25(14)30)29(24-17(8-4)26(31)15(6-2)13-21(24)33)19-11-9-10-18(27(34)35)22(19)28(36)37-29/h9-13,32-33H,5-8H2,1-4H3,(H,34,35). The molecule has 3 aromatic rings. The van der Waals surface area contributed by atoms with Crippen molar-refractivity contribution < 1.29 is 29.6 Å². The lowest BCUT2D eigenvalue weighted by molar-refractivity contribution is 0.0232. The number of carbonyl (C=O) groups excluding carboxylic acids is 1. The van der Waals surface area contributed by atoms with Crippen LogP contribution in [0.2, 0.25) is 0 Å². The zero-order chi connectivity index (χ0) is 27.2. The molecule has 0 unspecified atom stereocenters. The van der Waals surface area contributed by atoms with Gasteiger partial charge >= 0.3 is 11.9 Å². The third-order valence-corrected chi connectivity index (χ3v) is 9.10. The second kappa shape index (κ2) is 10.1. The average Bonchev–Trinajstić information content (AvgIpc) is 3.17. The number of fused-ring (bicyclic) bond motifs is 1. The van der Waals surface area contributed by atoms with Crippen molar-refractivity contribution in [2.75, 3.05) is 0 Å². The second-order valence-corrected chi connectivity index (χ2v) is 10.5. The first kappa shape index (κ1) is 27.2. The molecule has 0 saturated heterocycles. The quantitative estimate of drug-likeness (QED) is 0.242. The molecule has 1 aliphatic heterocycles. The normalized spacial score (nSPS) is 13.9. The number of hydrogen-bond acceptors (Lipinski definition) is 5. The number of aromatic carboxylic acids is 1. The van der Waals surface area contributed by atoms with E-state index in [9.17, 15) is 24.9 Å². The molecule has 0 aromatic heterocycles. The van der Waals surface area contributed by atoms with Gasteiger partial charge in [0, 0.05) is 14.5 Å². The fourth-order valence-corrected chi connectivity index (χ4v) is 7.21. The fraction of sp³-hybridized carbons (Fsp3) is 0.310. The molecular formula is C29H28Br2O6. The van der Waals surface area contributed by atoms with E-state index in [1.54, 1.807) is 24.3 Å². The molecule has 8 heteroatoms. The minimum Gasteiger partial charge on any atom is -0.507 e. The van der Waals surface area contributed by atoms with Crippen LogP contribution in [0.1, 0.15) is 87.4 Å². The molecule has 0 saturated carbocycles. The first-order chi connectivity index (χ1) is 17.6. The number of rotatable bonds is 7. The SMILES string of the molecule is CCc1cc(O)c(C2(c3c(O)cc(CC)c(Br)c3CC)OC(=O)c3c(C(=O)O)cccc32)c(CC)c1Br. The highest BCUT2D eigenvalue weighted by Gasteiger charge is 2.55. The van der Waals surface area contributed by atoms with Crippen molar-refractivity contribution in [1.82, 2.24) is 0 Å². The van der Waals surface area contributed by atoms with E-state index in [0.29, 0.717) is 47.9 Å². The van der Waals surface area contributed by atoms with Crippen LogP contribution in [0.5, 0.6) is 11.5 Å². The lowest BCUT2D eigenvalue weighted by Crippen LogP contribution is -2.33. The van der Waals surface area contributed by atoms with Crippen molar-refractivity contribution in [3.05, 3.63) is 89.3 Å². The highest BCUT2D eigenvalue weighted by Crippen LogP contribution is 2.57. The van der Waals surface area contributed by atoms with E-state index in [4.69, 9.17) is 4.74 Å². The molecule has 0 atom stereocenters. The number of phenols is 2. The lowest BCUT2D eigenvalue weighted by Gasteiger charge is -2.36. The number of halogens is 2. The van der Waals surface area contributed by atoms with E-state index >= 15 is 0 Å². The van der Waals surface area contributed by atoms with Gasteiger partial charge in [0.25, 0.3) is 0 Å². The lowest BCUT2D eigenvalue weighted by atomic mass is 9.73. The summed E-state index contributed by atoms with van der Waals surface area (Å²) in [6.45, 7) is 7.80. The van der Waals surface area contributed by atoms with Gasteiger partial charge in [-0.25, -0.2) is 9.59 Å². The van der Waals surface area contributed by atoms with E-state index in [-0.39, 0.29) is 28.2 Å². The highest BCUT2D eigenvalue weighted by molar-refractivity contribution is 9.10. The van der Waals surface area contributed by atoms with Crippen LogP contribution in [0.15, 0.2) is 39.3 Å². The summed E-state index contributed by atoms with van der Waals surface area (Å²) in [7, 11) is 0. The summed E-state index contributed by atoms with van der Waals surface area (Å²) < 4.78 is 7.76. The molecule has 0 amide bonds. The minimum atomic E-state index is -1.79. The zero-order valence-corrected chi connectivity index (χ0v) is 24.2. The number of cyclic esters (lactones) is 1. The van der Waals surface area contributed by atoms with Gasteiger partial charge in [0.15, 0.2) is 5.60 Å². The average molecular weight is 632 g/mol. The van der Waals surface area contributed by atoms with Gasteiger partial charge in [-0.3, -0.25) is 0 Å². The summed E-state index contributed by atoms with van der Waals surface area (Å²) in [5.74, 6) is -2.30. The van der Waals surface area contributed by atoms with Crippen molar-refractivity contribution >= 4 is 43.8 Å². The van der Waals surface area contributed by atoms with Crippen LogP contribution in [-0.4, -0.2) is 27.3 Å². The molecule has 3 N–H and O–H groups in total. The van der Waals surface area contributed by atoms with Crippen molar-refractivity contribution in [3.8, 4) is 11.5 Å². The Bertz CT molecular complexity index is 1380. The Hall–Kier alpha value is -2.84. The number of ether oxygens (including phenoxy) is 1. The molecule has 3 aromatic carbocycles. The van der Waals surface area contributed by atoms with Gasteiger partial charge in [-0.05, 0) is 66.1 Å². The number of carboxylic acid groups (broad SMARTS) is 1. The van der Waals surface area contributed by atoms with Gasteiger partial charge in [-0.15, -0.1) is 0 Å². The molecular weight excluding hydrogens is 604 g/mol. The van der Waals surface area contributed by atoms with Gasteiger partial charge in [0.1, 0.15) is 11.5 Å². The van der Waals surface area contributed by atoms with Gasteiger partial charge in [0.2, 0.25) is 0 Å². The van der Waals surface area contributed by atoms with Gasteiger partial charge in [0.05, 0.1) is 22.3 Å². The first-order valence-corrected chi connectivity index (χ1v) is 13.8. The van der Waals surface area contributed by atoms with Crippen molar-refractivity contribution in [1.29, 1.82) is 0 Å². The Labute approximate surface area is 232 Å². The Morgan fingerprint density at radius 1 is 0.865 bits per heavy atom. The predicted molar refractivity (Wildman–Crippen MR) is 148 cm³/mol. The number of phenolic OH excluding ortho intramolecular Hbond substituents is 2. The highest BCUT2D eigenvalue weighted by atomic mass is 79.9. The molecule has 6 nitrogen and oxygen atoms in total. The van der Waals surface area contributed by atoms with Crippen LogP contribution >= 0.6 is 31.9 Å². The Morgan fingerprint density at radius 3 is 1.76 bits per heavy atom.